The molecule has 27 heavy (non-hydrogen) atoms. The summed E-state index contributed by atoms with van der Waals surface area (Å²) in [5, 5.41) is 18.5. The van der Waals surface area contributed by atoms with Crippen molar-refractivity contribution in [1.82, 2.24) is 15.1 Å². The van der Waals surface area contributed by atoms with Crippen molar-refractivity contribution in [3.8, 4) is 17.0 Å². The summed E-state index contributed by atoms with van der Waals surface area (Å²) in [6, 6.07) is 5.33. The summed E-state index contributed by atoms with van der Waals surface area (Å²) >= 11 is 0. The number of hydrogen-bond donors (Lipinski definition) is 1. The van der Waals surface area contributed by atoms with Crippen molar-refractivity contribution in [3.63, 3.8) is 0 Å². The highest BCUT2D eigenvalue weighted by Gasteiger charge is 2.32. The van der Waals surface area contributed by atoms with Gasteiger partial charge in [-0.2, -0.15) is 23.4 Å². The van der Waals surface area contributed by atoms with Crippen LogP contribution in [-0.2, 0) is 12.6 Å². The number of aryl methyl sites for hydroxylation is 1. The van der Waals surface area contributed by atoms with Gasteiger partial charge in [0.2, 0.25) is 0 Å². The number of phenols is 1. The Kier molecular flexibility index (Phi) is 5.69. The van der Waals surface area contributed by atoms with Crippen molar-refractivity contribution in [2.45, 2.75) is 39.3 Å². The molecule has 1 aromatic heterocycles. The van der Waals surface area contributed by atoms with Crippen LogP contribution in [0.4, 0.5) is 13.2 Å². The summed E-state index contributed by atoms with van der Waals surface area (Å²) in [5.74, 6) is 0.107. The molecule has 2 aromatic rings. The molecule has 0 amide bonds. The van der Waals surface area contributed by atoms with Gasteiger partial charge >= 0.3 is 6.18 Å². The number of hydrogen-bond acceptors (Lipinski definition) is 4. The van der Waals surface area contributed by atoms with Crippen molar-refractivity contribution in [1.29, 1.82) is 0 Å². The Morgan fingerprint density at radius 1 is 1.22 bits per heavy atom. The molecule has 1 fully saturated rings. The Hall–Kier alpha value is -2.15. The van der Waals surface area contributed by atoms with Crippen LogP contribution < -0.4 is 0 Å². The molecule has 7 heteroatoms. The molecule has 0 aliphatic carbocycles. The molecule has 1 aromatic carbocycles. The van der Waals surface area contributed by atoms with Crippen molar-refractivity contribution in [2.75, 3.05) is 19.6 Å². The highest BCUT2D eigenvalue weighted by atomic mass is 19.4. The topological polar surface area (TPSA) is 49.2 Å². The van der Waals surface area contributed by atoms with Crippen LogP contribution in [0.15, 0.2) is 24.3 Å². The third kappa shape index (κ3) is 4.58. The van der Waals surface area contributed by atoms with E-state index in [4.69, 9.17) is 0 Å². The number of nitrogens with zero attached hydrogens (tertiary/aromatic N) is 3. The van der Waals surface area contributed by atoms with Crippen LogP contribution in [0.2, 0.25) is 0 Å². The van der Waals surface area contributed by atoms with Gasteiger partial charge in [0, 0.05) is 12.1 Å². The highest BCUT2D eigenvalue weighted by molar-refractivity contribution is 5.71. The van der Waals surface area contributed by atoms with Crippen molar-refractivity contribution in [3.05, 3.63) is 41.1 Å². The van der Waals surface area contributed by atoms with Crippen molar-refractivity contribution in [2.24, 2.45) is 5.92 Å². The van der Waals surface area contributed by atoms with E-state index in [1.54, 1.807) is 6.07 Å². The molecule has 1 aliphatic rings. The number of benzene rings is 1. The minimum Gasteiger partial charge on any atom is -0.507 e. The van der Waals surface area contributed by atoms with E-state index in [2.05, 4.69) is 22.0 Å². The van der Waals surface area contributed by atoms with Gasteiger partial charge in [-0.15, -0.1) is 0 Å². The lowest BCUT2D eigenvalue weighted by Crippen LogP contribution is -2.36. The maximum atomic E-state index is 12.9. The molecule has 0 bridgehead atoms. The Balaban J connectivity index is 1.78. The summed E-state index contributed by atoms with van der Waals surface area (Å²) in [6.07, 6.45) is -1.31. The maximum Gasteiger partial charge on any atom is 0.416 e. The number of aromatic hydroxyl groups is 1. The van der Waals surface area contributed by atoms with Gasteiger partial charge in [0.05, 0.1) is 17.0 Å². The first kappa shape index (κ1) is 19.6. The van der Waals surface area contributed by atoms with Crippen LogP contribution >= 0.6 is 0 Å². The Bertz CT molecular complexity index is 767. The van der Waals surface area contributed by atoms with Gasteiger partial charge in [0.15, 0.2) is 0 Å². The van der Waals surface area contributed by atoms with Gasteiger partial charge < -0.3 is 10.0 Å². The second-order valence-electron chi connectivity index (χ2n) is 7.20. The number of piperidine rings is 1. The molecule has 3 rings (SSSR count). The predicted octanol–water partition coefficient (Wildman–Crippen LogP) is 4.45. The van der Waals surface area contributed by atoms with Crippen LogP contribution in [0.3, 0.4) is 0 Å². The third-order valence-corrected chi connectivity index (χ3v) is 5.17. The van der Waals surface area contributed by atoms with E-state index in [9.17, 15) is 18.3 Å². The number of likely N-dealkylation sites (tertiary alicyclic amines) is 1. The first-order valence-corrected chi connectivity index (χ1v) is 9.24. The minimum atomic E-state index is -4.50. The first-order chi connectivity index (χ1) is 12.8. The van der Waals surface area contributed by atoms with E-state index in [1.165, 1.54) is 19.8 Å². The fourth-order valence-electron chi connectivity index (χ4n) is 3.77. The zero-order valence-corrected chi connectivity index (χ0v) is 15.6. The van der Waals surface area contributed by atoms with Gasteiger partial charge in [-0.25, -0.2) is 0 Å². The maximum absolute atomic E-state index is 12.9. The van der Waals surface area contributed by atoms with E-state index in [1.807, 2.05) is 6.07 Å². The van der Waals surface area contributed by atoms with E-state index in [-0.39, 0.29) is 5.56 Å². The van der Waals surface area contributed by atoms with E-state index >= 15 is 0 Å². The summed E-state index contributed by atoms with van der Waals surface area (Å²) in [4.78, 5) is 2.43. The molecule has 0 spiro atoms. The molecule has 4 nitrogen and oxygen atoms in total. The number of phenolic OH excluding ortho intramolecular Hbond substituents is 1. The average molecular weight is 379 g/mol. The zero-order chi connectivity index (χ0) is 19.6. The van der Waals surface area contributed by atoms with E-state index in [0.717, 1.165) is 43.9 Å². The Morgan fingerprint density at radius 2 is 2.00 bits per heavy atom. The standard InChI is InChI=1S/C20H24F3N3O/c1-3-26-8-4-5-14(12-26)10-16-6-7-17(25-24-16)19-13(2)9-15(11-18(19)27)20(21,22)23/h6-7,9,11,14,27H,3-5,8,10,12H2,1-2H3. The number of alkyl halides is 3. The molecule has 1 atom stereocenters. The van der Waals surface area contributed by atoms with Crippen LogP contribution in [0, 0.1) is 12.8 Å². The molecule has 1 N–H and O–H groups in total. The smallest absolute Gasteiger partial charge is 0.416 e. The number of halogens is 3. The Labute approximate surface area is 157 Å². The summed E-state index contributed by atoms with van der Waals surface area (Å²) in [7, 11) is 0. The zero-order valence-electron chi connectivity index (χ0n) is 15.6. The lowest BCUT2D eigenvalue weighted by molar-refractivity contribution is -0.137. The largest absolute Gasteiger partial charge is 0.507 e. The van der Waals surface area contributed by atoms with Crippen LogP contribution in [0.5, 0.6) is 5.75 Å². The van der Waals surface area contributed by atoms with Crippen LogP contribution in [-0.4, -0.2) is 39.8 Å². The molecular formula is C20H24F3N3O. The quantitative estimate of drug-likeness (QED) is 0.853. The van der Waals surface area contributed by atoms with E-state index < -0.39 is 17.5 Å². The SMILES string of the molecule is CCN1CCCC(Cc2ccc(-c3c(C)cc(C(F)(F)F)cc3O)nn2)C1. The Morgan fingerprint density at radius 3 is 2.59 bits per heavy atom. The normalized spacial score (nSPS) is 18.6. The van der Waals surface area contributed by atoms with Gasteiger partial charge in [0.25, 0.3) is 0 Å². The molecule has 146 valence electrons. The summed E-state index contributed by atoms with van der Waals surface area (Å²) < 4.78 is 38.6. The van der Waals surface area contributed by atoms with E-state index in [0.29, 0.717) is 17.2 Å². The summed E-state index contributed by atoms with van der Waals surface area (Å²) in [6.45, 7) is 6.94. The van der Waals surface area contributed by atoms with Gasteiger partial charge in [-0.05, 0) is 75.0 Å². The van der Waals surface area contributed by atoms with Gasteiger partial charge in [-0.3, -0.25) is 0 Å². The molecule has 1 saturated heterocycles. The summed E-state index contributed by atoms with van der Waals surface area (Å²) in [5.41, 5.74) is 0.975. The van der Waals surface area contributed by atoms with Crippen molar-refractivity contribution < 1.29 is 18.3 Å². The van der Waals surface area contributed by atoms with Crippen molar-refractivity contribution >= 4 is 0 Å². The highest BCUT2D eigenvalue weighted by Crippen LogP contribution is 2.38. The van der Waals surface area contributed by atoms with Gasteiger partial charge in [-0.1, -0.05) is 6.92 Å². The number of aromatic nitrogens is 2. The molecule has 1 unspecified atom stereocenters. The second-order valence-corrected chi connectivity index (χ2v) is 7.20. The predicted molar refractivity (Wildman–Crippen MR) is 97.4 cm³/mol. The van der Waals surface area contributed by atoms with Gasteiger partial charge in [0.1, 0.15) is 5.75 Å². The minimum absolute atomic E-state index is 0.289. The molecule has 1 aliphatic heterocycles. The molecule has 0 radical (unpaired) electrons. The van der Waals surface area contributed by atoms with Crippen LogP contribution in [0.1, 0.15) is 36.6 Å². The first-order valence-electron chi connectivity index (χ1n) is 9.24. The molecule has 2 heterocycles. The second kappa shape index (κ2) is 7.84. The lowest BCUT2D eigenvalue weighted by atomic mass is 9.93. The number of rotatable bonds is 4. The monoisotopic (exact) mass is 379 g/mol. The fraction of sp³-hybridized carbons (Fsp3) is 0.500. The lowest BCUT2D eigenvalue weighted by Gasteiger charge is -2.31. The van der Waals surface area contributed by atoms with Crippen LogP contribution in [0.25, 0.3) is 11.3 Å². The molecule has 0 saturated carbocycles. The average Bonchev–Trinajstić information content (AvgIpc) is 2.62. The molecular weight excluding hydrogens is 355 g/mol. The third-order valence-electron chi connectivity index (χ3n) is 5.17. The fourth-order valence-corrected chi connectivity index (χ4v) is 3.77.